The number of rotatable bonds is 8. The van der Waals surface area contributed by atoms with Crippen molar-refractivity contribution in [2.75, 3.05) is 19.6 Å². The van der Waals surface area contributed by atoms with Gasteiger partial charge in [0.1, 0.15) is 5.71 Å². The van der Waals surface area contributed by atoms with E-state index >= 15 is 0 Å². The fraction of sp³-hybridized carbons (Fsp3) is 0.654. The molecule has 0 aromatic carbocycles. The number of piperidine rings is 1. The molecule has 2 fully saturated rings. The van der Waals surface area contributed by atoms with Gasteiger partial charge in [-0.25, -0.2) is 13.8 Å². The number of amidine groups is 1. The van der Waals surface area contributed by atoms with Gasteiger partial charge in [-0.15, -0.1) is 0 Å². The lowest BCUT2D eigenvalue weighted by atomic mass is 9.85. The molecule has 0 radical (unpaired) electrons. The summed E-state index contributed by atoms with van der Waals surface area (Å²) in [6.07, 6.45) is 13.2. The highest BCUT2D eigenvalue weighted by Crippen LogP contribution is 2.33. The molecular weight excluding hydrogens is 422 g/mol. The molecule has 0 bridgehead atoms. The molecule has 2 aliphatic heterocycles. The van der Waals surface area contributed by atoms with Crippen molar-refractivity contribution in [1.29, 1.82) is 0 Å². The van der Waals surface area contributed by atoms with Crippen LogP contribution in [0.4, 0.5) is 8.78 Å². The first-order valence-corrected chi connectivity index (χ1v) is 12.3. The first-order chi connectivity index (χ1) is 15.7. The zero-order valence-corrected chi connectivity index (χ0v) is 20.3. The van der Waals surface area contributed by atoms with Crippen molar-refractivity contribution in [3.63, 3.8) is 0 Å². The number of nitrogens with zero attached hydrogens (tertiary/aromatic N) is 3. The summed E-state index contributed by atoms with van der Waals surface area (Å²) in [5.74, 6) is -2.20. The molecular formula is C26H38F2N4O. The van der Waals surface area contributed by atoms with E-state index in [1.165, 1.54) is 50.6 Å². The lowest BCUT2D eigenvalue weighted by molar-refractivity contribution is -0.117. The first kappa shape index (κ1) is 25.3. The number of amides is 1. The summed E-state index contributed by atoms with van der Waals surface area (Å²) >= 11 is 0. The Bertz CT molecular complexity index is 860. The van der Waals surface area contributed by atoms with Crippen molar-refractivity contribution in [3.8, 4) is 0 Å². The smallest absolute Gasteiger partial charge is 0.285 e. The maximum absolute atomic E-state index is 13.4. The molecule has 0 spiro atoms. The number of carbonyl (C=O) groups is 1. The topological polar surface area (TPSA) is 57.1 Å². The highest BCUT2D eigenvalue weighted by atomic mass is 19.3. The molecule has 1 aliphatic carbocycles. The van der Waals surface area contributed by atoms with E-state index in [1.807, 2.05) is 0 Å². The lowest BCUT2D eigenvalue weighted by Gasteiger charge is -2.42. The average molecular weight is 461 g/mol. The van der Waals surface area contributed by atoms with E-state index in [1.54, 1.807) is 26.0 Å². The van der Waals surface area contributed by atoms with Gasteiger partial charge in [-0.05, 0) is 57.4 Å². The van der Waals surface area contributed by atoms with Crippen LogP contribution in [0.1, 0.15) is 72.1 Å². The van der Waals surface area contributed by atoms with E-state index in [0.29, 0.717) is 35.5 Å². The van der Waals surface area contributed by atoms with Gasteiger partial charge in [0.25, 0.3) is 5.92 Å². The summed E-state index contributed by atoms with van der Waals surface area (Å²) in [7, 11) is 0. The fourth-order valence-corrected chi connectivity index (χ4v) is 4.81. The summed E-state index contributed by atoms with van der Waals surface area (Å²) < 4.78 is 26.8. The molecule has 5 nitrogen and oxygen atoms in total. The summed E-state index contributed by atoms with van der Waals surface area (Å²) in [5, 5.41) is 3.08. The van der Waals surface area contributed by atoms with Gasteiger partial charge in [0.05, 0.1) is 6.54 Å². The number of hydrogen-bond donors (Lipinski definition) is 1. The Balaban J connectivity index is 1.55. The van der Waals surface area contributed by atoms with Crippen LogP contribution in [0.3, 0.4) is 0 Å². The molecule has 182 valence electrons. The maximum Gasteiger partial charge on any atom is 0.285 e. The monoisotopic (exact) mass is 460 g/mol. The lowest BCUT2D eigenvalue weighted by Crippen LogP contribution is -2.47. The van der Waals surface area contributed by atoms with E-state index in [0.717, 1.165) is 19.9 Å². The van der Waals surface area contributed by atoms with Crippen LogP contribution >= 0.6 is 0 Å². The van der Waals surface area contributed by atoms with Crippen molar-refractivity contribution in [2.24, 2.45) is 15.9 Å². The predicted molar refractivity (Wildman–Crippen MR) is 131 cm³/mol. The van der Waals surface area contributed by atoms with E-state index in [4.69, 9.17) is 0 Å². The first-order valence-electron chi connectivity index (χ1n) is 12.3. The third-order valence-electron chi connectivity index (χ3n) is 6.99. The minimum absolute atomic E-state index is 0.0861. The molecule has 1 saturated carbocycles. The van der Waals surface area contributed by atoms with Crippen LogP contribution in [-0.4, -0.2) is 54.0 Å². The minimum atomic E-state index is -2.97. The SMILES string of the molecule is C=C(C1CCCCC1)N1CCCCC1CNC(=O)/C(C)=C/C=C(\C)C1=NCC(C(C)(F)F)=N1. The van der Waals surface area contributed by atoms with Crippen molar-refractivity contribution in [1.82, 2.24) is 10.2 Å². The van der Waals surface area contributed by atoms with E-state index in [9.17, 15) is 13.6 Å². The summed E-state index contributed by atoms with van der Waals surface area (Å²) in [6.45, 7) is 10.3. The van der Waals surface area contributed by atoms with Gasteiger partial charge in [-0.1, -0.05) is 38.0 Å². The van der Waals surface area contributed by atoms with E-state index < -0.39 is 5.92 Å². The second-order valence-corrected chi connectivity index (χ2v) is 9.67. The molecule has 0 aromatic heterocycles. The highest BCUT2D eigenvalue weighted by Gasteiger charge is 2.32. The third kappa shape index (κ3) is 6.84. The van der Waals surface area contributed by atoms with Gasteiger partial charge in [0.2, 0.25) is 5.91 Å². The molecule has 33 heavy (non-hydrogen) atoms. The Morgan fingerprint density at radius 3 is 2.52 bits per heavy atom. The fourth-order valence-electron chi connectivity index (χ4n) is 4.81. The Labute approximate surface area is 196 Å². The molecule has 1 amide bonds. The number of carbonyl (C=O) groups excluding carboxylic acids is 1. The highest BCUT2D eigenvalue weighted by molar-refractivity contribution is 6.13. The van der Waals surface area contributed by atoms with Crippen LogP contribution in [0, 0.1) is 5.92 Å². The van der Waals surface area contributed by atoms with E-state index in [2.05, 4.69) is 26.8 Å². The Hall–Kier alpha value is -2.31. The molecule has 2 heterocycles. The predicted octanol–water partition coefficient (Wildman–Crippen LogP) is 5.45. The van der Waals surface area contributed by atoms with Crippen LogP contribution in [0.5, 0.6) is 0 Å². The van der Waals surface area contributed by atoms with Crippen LogP contribution < -0.4 is 5.32 Å². The van der Waals surface area contributed by atoms with Gasteiger partial charge in [-0.3, -0.25) is 9.79 Å². The Morgan fingerprint density at radius 2 is 1.85 bits per heavy atom. The molecule has 3 aliphatic rings. The molecule has 1 saturated heterocycles. The quantitative estimate of drug-likeness (QED) is 0.387. The number of allylic oxidation sites excluding steroid dienone is 3. The normalized spacial score (nSPS) is 23.3. The van der Waals surface area contributed by atoms with Crippen molar-refractivity contribution in [3.05, 3.63) is 35.6 Å². The number of alkyl halides is 2. The summed E-state index contributed by atoms with van der Waals surface area (Å²) in [5.41, 5.74) is 2.25. The molecule has 1 atom stereocenters. The standard InChI is InChI=1S/C26H38F2N4O/c1-18(24-29-17-23(31-24)26(4,27)28)13-14-19(2)25(33)30-16-22-12-8-9-15-32(22)20(3)21-10-6-5-7-11-21/h13-14,21-22H,3,5-12,15-17H2,1-2,4H3,(H,30,33)/b18-13+,19-14+. The summed E-state index contributed by atoms with van der Waals surface area (Å²) in [6, 6.07) is 0.290. The molecule has 0 aromatic rings. The minimum Gasteiger partial charge on any atom is -0.370 e. The molecule has 7 heteroatoms. The average Bonchev–Trinajstić information content (AvgIpc) is 3.32. The zero-order chi connectivity index (χ0) is 24.0. The molecule has 3 rings (SSSR count). The zero-order valence-electron chi connectivity index (χ0n) is 20.3. The van der Waals surface area contributed by atoms with Crippen LogP contribution in [-0.2, 0) is 4.79 Å². The number of nitrogens with one attached hydrogen (secondary N) is 1. The second-order valence-electron chi connectivity index (χ2n) is 9.67. The van der Waals surface area contributed by atoms with Crippen molar-refractivity contribution in [2.45, 2.75) is 84.1 Å². The van der Waals surface area contributed by atoms with Gasteiger partial charge in [-0.2, -0.15) is 0 Å². The summed E-state index contributed by atoms with van der Waals surface area (Å²) in [4.78, 5) is 23.2. The number of aliphatic imine (C=N–C) groups is 2. The maximum atomic E-state index is 13.4. The Morgan fingerprint density at radius 1 is 1.15 bits per heavy atom. The number of likely N-dealkylation sites (tertiary alicyclic amines) is 1. The van der Waals surface area contributed by atoms with E-state index in [-0.39, 0.29) is 18.2 Å². The van der Waals surface area contributed by atoms with Crippen LogP contribution in [0.25, 0.3) is 0 Å². The molecule has 1 unspecified atom stereocenters. The van der Waals surface area contributed by atoms with Gasteiger partial charge < -0.3 is 10.2 Å². The second kappa shape index (κ2) is 11.2. The van der Waals surface area contributed by atoms with Crippen molar-refractivity contribution < 1.29 is 13.6 Å². The third-order valence-corrected chi connectivity index (χ3v) is 6.99. The number of halogens is 2. The number of hydrogen-bond acceptors (Lipinski definition) is 4. The molecule has 1 N–H and O–H groups in total. The van der Waals surface area contributed by atoms with Gasteiger partial charge in [0.15, 0.2) is 5.84 Å². The largest absolute Gasteiger partial charge is 0.370 e. The van der Waals surface area contributed by atoms with Crippen LogP contribution in [0.2, 0.25) is 0 Å². The van der Waals surface area contributed by atoms with Crippen molar-refractivity contribution >= 4 is 17.5 Å². The van der Waals surface area contributed by atoms with Gasteiger partial charge >= 0.3 is 0 Å². The van der Waals surface area contributed by atoms with Gasteiger partial charge in [0, 0.05) is 37.3 Å². The van der Waals surface area contributed by atoms with Crippen LogP contribution in [0.15, 0.2) is 45.6 Å². The Kier molecular flexibility index (Phi) is 8.60.